The third kappa shape index (κ3) is 4.47. The molecular formula is C21H14FN5OS. The molecule has 0 saturated heterocycles. The number of aromatic nitrogens is 2. The van der Waals surface area contributed by atoms with Gasteiger partial charge in [-0.2, -0.15) is 10.3 Å². The number of fused-ring (bicyclic) bond motifs is 1. The summed E-state index contributed by atoms with van der Waals surface area (Å²) < 4.78 is 13.2. The maximum atomic E-state index is 13.2. The van der Waals surface area contributed by atoms with Crippen LogP contribution in [0.25, 0.3) is 17.1 Å². The first-order valence-corrected chi connectivity index (χ1v) is 9.60. The van der Waals surface area contributed by atoms with E-state index in [9.17, 15) is 9.18 Å². The molecule has 3 heterocycles. The van der Waals surface area contributed by atoms with Crippen molar-refractivity contribution in [1.29, 1.82) is 5.26 Å². The molecule has 1 N–H and O–H groups in total. The lowest BCUT2D eigenvalue weighted by Crippen LogP contribution is -2.21. The van der Waals surface area contributed by atoms with E-state index in [0.717, 1.165) is 5.56 Å². The van der Waals surface area contributed by atoms with Crippen molar-refractivity contribution in [2.75, 3.05) is 6.54 Å². The van der Waals surface area contributed by atoms with Crippen LogP contribution in [0.3, 0.4) is 0 Å². The number of hydrogen-bond acceptors (Lipinski definition) is 6. The van der Waals surface area contributed by atoms with Crippen molar-refractivity contribution in [3.05, 3.63) is 76.2 Å². The average Bonchev–Trinajstić information content (AvgIpc) is 3.06. The third-order valence-electron chi connectivity index (χ3n) is 4.17. The fourth-order valence-corrected chi connectivity index (χ4v) is 3.61. The first kappa shape index (κ1) is 18.8. The number of hydrogen-bond donors (Lipinski definition) is 1. The van der Waals surface area contributed by atoms with E-state index in [1.54, 1.807) is 30.3 Å². The topological polar surface area (TPSA) is 91.0 Å². The SMILES string of the molecule is N#Cc1cnc2ccc(/C=C3/SC(NCCc4cccc(F)c4)=NC3=O)nc2c1. The summed E-state index contributed by atoms with van der Waals surface area (Å²) in [5.74, 6) is -0.607. The molecule has 29 heavy (non-hydrogen) atoms. The Bertz CT molecular complexity index is 1220. The summed E-state index contributed by atoms with van der Waals surface area (Å²) in [4.78, 5) is 25.3. The Hall–Kier alpha value is -3.57. The Balaban J connectivity index is 1.42. The molecule has 142 valence electrons. The molecule has 0 spiro atoms. The van der Waals surface area contributed by atoms with E-state index in [0.29, 0.717) is 45.3 Å². The highest BCUT2D eigenvalue weighted by Crippen LogP contribution is 2.27. The summed E-state index contributed by atoms with van der Waals surface area (Å²) in [5, 5.41) is 12.6. The number of carbonyl (C=O) groups is 1. The van der Waals surface area contributed by atoms with Gasteiger partial charge in [-0.3, -0.25) is 9.78 Å². The van der Waals surface area contributed by atoms with Crippen LogP contribution in [0.5, 0.6) is 0 Å². The second kappa shape index (κ2) is 8.20. The average molecular weight is 403 g/mol. The number of aliphatic imine (C=N–C) groups is 1. The second-order valence-corrected chi connectivity index (χ2v) is 7.28. The number of benzene rings is 1. The molecule has 8 heteroatoms. The summed E-state index contributed by atoms with van der Waals surface area (Å²) in [6.07, 6.45) is 3.77. The predicted octanol–water partition coefficient (Wildman–Crippen LogP) is 3.44. The van der Waals surface area contributed by atoms with Crippen molar-refractivity contribution in [2.45, 2.75) is 6.42 Å². The van der Waals surface area contributed by atoms with Gasteiger partial charge in [-0.1, -0.05) is 12.1 Å². The molecule has 1 aliphatic rings. The Morgan fingerprint density at radius 1 is 1.21 bits per heavy atom. The molecule has 1 aromatic carbocycles. The number of rotatable bonds is 4. The van der Waals surface area contributed by atoms with Gasteiger partial charge in [-0.05, 0) is 60.2 Å². The zero-order valence-electron chi connectivity index (χ0n) is 15.1. The highest BCUT2D eigenvalue weighted by molar-refractivity contribution is 8.18. The number of pyridine rings is 2. The zero-order chi connectivity index (χ0) is 20.2. The molecule has 0 saturated carbocycles. The summed E-state index contributed by atoms with van der Waals surface area (Å²) in [5.41, 5.74) is 3.14. The quantitative estimate of drug-likeness (QED) is 0.671. The molecule has 0 fully saturated rings. The Labute approximate surface area is 170 Å². The van der Waals surface area contributed by atoms with Crippen molar-refractivity contribution in [1.82, 2.24) is 15.3 Å². The summed E-state index contributed by atoms with van der Waals surface area (Å²) in [6, 6.07) is 13.7. The van der Waals surface area contributed by atoms with Crippen molar-refractivity contribution in [3.8, 4) is 6.07 Å². The van der Waals surface area contributed by atoms with Gasteiger partial charge >= 0.3 is 0 Å². The lowest BCUT2D eigenvalue weighted by molar-refractivity contribution is -0.113. The molecule has 4 rings (SSSR count). The first-order chi connectivity index (χ1) is 14.1. The van der Waals surface area contributed by atoms with Gasteiger partial charge in [0.15, 0.2) is 5.17 Å². The Morgan fingerprint density at radius 2 is 2.10 bits per heavy atom. The van der Waals surface area contributed by atoms with E-state index in [1.165, 1.54) is 30.1 Å². The number of amides is 1. The summed E-state index contributed by atoms with van der Waals surface area (Å²) in [6.45, 7) is 0.534. The van der Waals surface area contributed by atoms with Gasteiger partial charge in [0, 0.05) is 12.7 Å². The highest BCUT2D eigenvalue weighted by atomic mass is 32.2. The number of nitriles is 1. The maximum Gasteiger partial charge on any atom is 0.286 e. The lowest BCUT2D eigenvalue weighted by Gasteiger charge is -2.05. The Morgan fingerprint density at radius 3 is 2.93 bits per heavy atom. The van der Waals surface area contributed by atoms with Crippen LogP contribution in [-0.4, -0.2) is 27.6 Å². The molecule has 2 aromatic heterocycles. The van der Waals surface area contributed by atoms with E-state index < -0.39 is 0 Å². The summed E-state index contributed by atoms with van der Waals surface area (Å²) in [7, 11) is 0. The standard InChI is InChI=1S/C21H14FN5OS/c22-15-3-1-2-13(8-15)6-7-24-21-27-20(28)19(29-21)10-16-4-5-17-18(26-16)9-14(11-23)12-25-17/h1-5,8-10,12H,6-7H2,(H,24,27,28)/b19-10+. The van der Waals surface area contributed by atoms with E-state index in [4.69, 9.17) is 5.26 Å². The first-order valence-electron chi connectivity index (χ1n) is 8.78. The molecule has 0 bridgehead atoms. The minimum Gasteiger partial charge on any atom is -0.364 e. The van der Waals surface area contributed by atoms with Crippen LogP contribution in [-0.2, 0) is 11.2 Å². The van der Waals surface area contributed by atoms with Crippen molar-refractivity contribution in [3.63, 3.8) is 0 Å². The molecule has 0 aliphatic carbocycles. The molecule has 0 radical (unpaired) electrons. The van der Waals surface area contributed by atoms with Gasteiger partial charge in [0.1, 0.15) is 11.9 Å². The number of nitrogens with one attached hydrogen (secondary N) is 1. The van der Waals surface area contributed by atoms with Crippen LogP contribution in [0.4, 0.5) is 4.39 Å². The van der Waals surface area contributed by atoms with Crippen LogP contribution >= 0.6 is 11.8 Å². The van der Waals surface area contributed by atoms with Crippen LogP contribution in [0.2, 0.25) is 0 Å². The second-order valence-electron chi connectivity index (χ2n) is 6.25. The smallest absolute Gasteiger partial charge is 0.286 e. The molecular weight excluding hydrogens is 389 g/mol. The molecule has 3 aromatic rings. The molecule has 0 unspecified atom stereocenters. The molecule has 0 atom stereocenters. The van der Waals surface area contributed by atoms with Crippen molar-refractivity contribution in [2.24, 2.45) is 4.99 Å². The maximum absolute atomic E-state index is 13.2. The van der Waals surface area contributed by atoms with Crippen molar-refractivity contribution >= 4 is 39.9 Å². The van der Waals surface area contributed by atoms with Crippen LogP contribution in [0.15, 0.2) is 58.6 Å². The van der Waals surface area contributed by atoms with Crippen molar-refractivity contribution < 1.29 is 9.18 Å². The van der Waals surface area contributed by atoms with Gasteiger partial charge in [-0.25, -0.2) is 9.37 Å². The van der Waals surface area contributed by atoms with Gasteiger partial charge < -0.3 is 5.32 Å². The molecule has 6 nitrogen and oxygen atoms in total. The van der Waals surface area contributed by atoms with Crippen LogP contribution < -0.4 is 5.32 Å². The Kier molecular flexibility index (Phi) is 5.31. The highest BCUT2D eigenvalue weighted by Gasteiger charge is 2.21. The van der Waals surface area contributed by atoms with Gasteiger partial charge in [0.05, 0.1) is 27.2 Å². The number of nitrogens with zero attached hydrogens (tertiary/aromatic N) is 4. The van der Waals surface area contributed by atoms with E-state index in [1.807, 2.05) is 12.1 Å². The van der Waals surface area contributed by atoms with E-state index in [-0.39, 0.29) is 11.7 Å². The van der Waals surface area contributed by atoms with E-state index >= 15 is 0 Å². The molecule has 1 aliphatic heterocycles. The largest absolute Gasteiger partial charge is 0.364 e. The minimum absolute atomic E-state index is 0.268. The normalized spacial score (nSPS) is 14.8. The van der Waals surface area contributed by atoms with Gasteiger partial charge in [0.25, 0.3) is 5.91 Å². The predicted molar refractivity (Wildman–Crippen MR) is 110 cm³/mol. The van der Waals surface area contributed by atoms with E-state index in [2.05, 4.69) is 20.3 Å². The number of thioether (sulfide) groups is 1. The van der Waals surface area contributed by atoms with Gasteiger partial charge in [-0.15, -0.1) is 0 Å². The fourth-order valence-electron chi connectivity index (χ4n) is 2.79. The van der Waals surface area contributed by atoms with Crippen LogP contribution in [0, 0.1) is 17.1 Å². The fraction of sp³-hybridized carbons (Fsp3) is 0.0952. The summed E-state index contributed by atoms with van der Waals surface area (Å²) >= 11 is 1.23. The number of halogens is 1. The third-order valence-corrected chi connectivity index (χ3v) is 5.11. The van der Waals surface area contributed by atoms with Gasteiger partial charge in [0.2, 0.25) is 0 Å². The lowest BCUT2D eigenvalue weighted by atomic mass is 10.1. The monoisotopic (exact) mass is 403 g/mol. The zero-order valence-corrected chi connectivity index (χ0v) is 15.9. The molecule has 1 amide bonds. The van der Waals surface area contributed by atoms with Crippen LogP contribution in [0.1, 0.15) is 16.8 Å². The number of carbonyl (C=O) groups excluding carboxylic acids is 1. The minimum atomic E-state index is -0.339. The number of amidine groups is 1.